The first kappa shape index (κ1) is 15.2. The van der Waals surface area contributed by atoms with Gasteiger partial charge in [0.1, 0.15) is 11.4 Å². The zero-order chi connectivity index (χ0) is 18.4. The van der Waals surface area contributed by atoms with Crippen LogP contribution in [0, 0.1) is 0 Å². The molecule has 27 heavy (non-hydrogen) atoms. The number of aromatic amines is 2. The van der Waals surface area contributed by atoms with E-state index in [1.807, 2.05) is 12.1 Å². The van der Waals surface area contributed by atoms with Gasteiger partial charge in [0.2, 0.25) is 17.6 Å². The number of aromatic nitrogens is 4. The molecule has 5 rings (SSSR count). The van der Waals surface area contributed by atoms with Gasteiger partial charge in [0.05, 0.1) is 17.1 Å². The number of carbonyl (C=O) groups excluding carboxylic acids is 1. The highest BCUT2D eigenvalue weighted by molar-refractivity contribution is 6.09. The van der Waals surface area contributed by atoms with Crippen LogP contribution in [-0.4, -0.2) is 30.8 Å². The molecule has 4 N–H and O–H groups in total. The zero-order valence-corrected chi connectivity index (χ0v) is 13.9. The van der Waals surface area contributed by atoms with Gasteiger partial charge in [-0.25, -0.2) is 9.97 Å². The normalized spacial score (nSPS) is 15.5. The van der Waals surface area contributed by atoms with Crippen molar-refractivity contribution in [3.05, 3.63) is 66.0 Å². The molecule has 1 aliphatic rings. The minimum atomic E-state index is -0.246. The van der Waals surface area contributed by atoms with E-state index in [1.165, 1.54) is 6.08 Å². The zero-order valence-electron chi connectivity index (χ0n) is 13.9. The fourth-order valence-electron chi connectivity index (χ4n) is 2.96. The maximum absolute atomic E-state index is 12.3. The number of benzene rings is 1. The molecule has 0 aliphatic carbocycles. The lowest BCUT2D eigenvalue weighted by atomic mass is 10.2. The fraction of sp³-hybridized carbons (Fsp3) is 0. The van der Waals surface area contributed by atoms with E-state index in [0.717, 1.165) is 22.1 Å². The van der Waals surface area contributed by atoms with Crippen molar-refractivity contribution in [1.82, 2.24) is 19.9 Å². The number of allylic oxidation sites excluding steroid dienone is 1. The minimum absolute atomic E-state index is 0.130. The number of phenolic OH excluding ortho intramolecular Hbond substituents is 1. The Morgan fingerprint density at radius 2 is 2.19 bits per heavy atom. The standard InChI is InChI=1S/C19H13N5O3/c25-11-3-4-13-14(7-11)23-19(22-13)24-17-8-15(26)16(27-17)6-10-9-21-18-12(10)2-1-5-20-18/h1-9,25H,(H,20,21)(H2,22,23,24). The van der Waals surface area contributed by atoms with Crippen molar-refractivity contribution >= 4 is 39.9 Å². The summed E-state index contributed by atoms with van der Waals surface area (Å²) in [6.45, 7) is 0. The average Bonchev–Trinajstić information content (AvgIpc) is 3.33. The summed E-state index contributed by atoms with van der Waals surface area (Å²) in [4.78, 5) is 26.9. The predicted octanol–water partition coefficient (Wildman–Crippen LogP) is 3.04. The Labute approximate surface area is 152 Å². The van der Waals surface area contributed by atoms with Crippen LogP contribution in [-0.2, 0) is 9.53 Å². The molecule has 0 atom stereocenters. The van der Waals surface area contributed by atoms with Crippen molar-refractivity contribution in [2.75, 3.05) is 5.32 Å². The van der Waals surface area contributed by atoms with Gasteiger partial charge in [-0.15, -0.1) is 0 Å². The lowest BCUT2D eigenvalue weighted by Gasteiger charge is -2.04. The van der Waals surface area contributed by atoms with E-state index < -0.39 is 0 Å². The lowest BCUT2D eigenvalue weighted by molar-refractivity contribution is -0.112. The minimum Gasteiger partial charge on any atom is -0.508 e. The molecule has 1 aliphatic heterocycles. The van der Waals surface area contributed by atoms with Crippen LogP contribution in [0.1, 0.15) is 5.56 Å². The van der Waals surface area contributed by atoms with E-state index in [4.69, 9.17) is 4.74 Å². The molecule has 8 heteroatoms. The summed E-state index contributed by atoms with van der Waals surface area (Å²) >= 11 is 0. The summed E-state index contributed by atoms with van der Waals surface area (Å²) in [7, 11) is 0. The molecule has 4 heterocycles. The Bertz CT molecular complexity index is 1260. The SMILES string of the molecule is O=C1C=C(Nc2nc3cc(O)ccc3[nH]2)OC1=Cc1c[nH]c2ncccc12. The van der Waals surface area contributed by atoms with Crippen molar-refractivity contribution < 1.29 is 14.6 Å². The highest BCUT2D eigenvalue weighted by atomic mass is 16.5. The van der Waals surface area contributed by atoms with Gasteiger partial charge in [0.15, 0.2) is 5.76 Å². The summed E-state index contributed by atoms with van der Waals surface area (Å²) < 4.78 is 5.64. The monoisotopic (exact) mass is 359 g/mol. The molecule has 0 spiro atoms. The maximum Gasteiger partial charge on any atom is 0.226 e. The van der Waals surface area contributed by atoms with E-state index in [0.29, 0.717) is 11.5 Å². The summed E-state index contributed by atoms with van der Waals surface area (Å²) in [5.74, 6) is 0.769. The maximum atomic E-state index is 12.3. The molecular formula is C19H13N5O3. The molecule has 0 bridgehead atoms. The van der Waals surface area contributed by atoms with Gasteiger partial charge in [0.25, 0.3) is 0 Å². The number of aromatic hydroxyl groups is 1. The van der Waals surface area contributed by atoms with Crippen molar-refractivity contribution in [3.8, 4) is 5.75 Å². The first-order chi connectivity index (χ1) is 13.2. The third-order valence-electron chi connectivity index (χ3n) is 4.20. The number of rotatable bonds is 3. The molecule has 0 radical (unpaired) electrons. The van der Waals surface area contributed by atoms with E-state index in [9.17, 15) is 9.90 Å². The third kappa shape index (κ3) is 2.69. The molecule has 0 fully saturated rings. The number of nitrogens with one attached hydrogen (secondary N) is 3. The van der Waals surface area contributed by atoms with Gasteiger partial charge in [-0.2, -0.15) is 0 Å². The van der Waals surface area contributed by atoms with Gasteiger partial charge in [-0.1, -0.05) is 0 Å². The highest BCUT2D eigenvalue weighted by Gasteiger charge is 2.22. The number of hydrogen-bond donors (Lipinski definition) is 4. The first-order valence-corrected chi connectivity index (χ1v) is 8.19. The van der Waals surface area contributed by atoms with E-state index in [2.05, 4.69) is 25.3 Å². The number of phenols is 1. The summed E-state index contributed by atoms with van der Waals surface area (Å²) in [6.07, 6.45) is 6.51. The molecular weight excluding hydrogens is 346 g/mol. The van der Waals surface area contributed by atoms with E-state index in [1.54, 1.807) is 36.7 Å². The van der Waals surface area contributed by atoms with Crippen LogP contribution in [0.15, 0.2) is 60.4 Å². The Morgan fingerprint density at radius 3 is 3.11 bits per heavy atom. The molecule has 0 amide bonds. The van der Waals surface area contributed by atoms with Crippen LogP contribution in [0.3, 0.4) is 0 Å². The topological polar surface area (TPSA) is 116 Å². The lowest BCUT2D eigenvalue weighted by Crippen LogP contribution is -2.00. The predicted molar refractivity (Wildman–Crippen MR) is 99.6 cm³/mol. The second kappa shape index (κ2) is 5.73. The number of hydrogen-bond acceptors (Lipinski definition) is 6. The molecule has 3 aromatic heterocycles. The molecule has 132 valence electrons. The number of ketones is 1. The Balaban J connectivity index is 1.39. The van der Waals surface area contributed by atoms with Gasteiger partial charge >= 0.3 is 0 Å². The average molecular weight is 359 g/mol. The van der Waals surface area contributed by atoms with E-state index in [-0.39, 0.29) is 23.2 Å². The number of fused-ring (bicyclic) bond motifs is 2. The van der Waals surface area contributed by atoms with Crippen molar-refractivity contribution in [1.29, 1.82) is 0 Å². The van der Waals surface area contributed by atoms with Crippen LogP contribution >= 0.6 is 0 Å². The van der Waals surface area contributed by atoms with Gasteiger partial charge < -0.3 is 19.8 Å². The van der Waals surface area contributed by atoms with Crippen molar-refractivity contribution in [2.45, 2.75) is 0 Å². The second-order valence-corrected chi connectivity index (χ2v) is 6.04. The van der Waals surface area contributed by atoms with Crippen LogP contribution in [0.25, 0.3) is 28.1 Å². The Morgan fingerprint density at radius 1 is 1.26 bits per heavy atom. The van der Waals surface area contributed by atoms with Crippen molar-refractivity contribution in [3.63, 3.8) is 0 Å². The van der Waals surface area contributed by atoms with Gasteiger partial charge in [-0.3, -0.25) is 10.1 Å². The van der Waals surface area contributed by atoms with Crippen LogP contribution in [0.4, 0.5) is 5.95 Å². The molecule has 0 saturated heterocycles. The number of carbonyl (C=O) groups is 1. The number of pyridine rings is 1. The van der Waals surface area contributed by atoms with Crippen LogP contribution in [0.2, 0.25) is 0 Å². The molecule has 8 nitrogen and oxygen atoms in total. The number of H-pyrrole nitrogens is 2. The number of imidazole rings is 1. The third-order valence-corrected chi connectivity index (χ3v) is 4.20. The van der Waals surface area contributed by atoms with E-state index >= 15 is 0 Å². The Hall–Kier alpha value is -4.07. The summed E-state index contributed by atoms with van der Waals surface area (Å²) in [5, 5.41) is 13.4. The van der Waals surface area contributed by atoms with Gasteiger partial charge in [0, 0.05) is 29.4 Å². The van der Waals surface area contributed by atoms with Gasteiger partial charge in [-0.05, 0) is 30.3 Å². The largest absolute Gasteiger partial charge is 0.508 e. The highest BCUT2D eigenvalue weighted by Crippen LogP contribution is 2.25. The summed E-state index contributed by atoms with van der Waals surface area (Å²) in [5.41, 5.74) is 2.91. The number of nitrogens with zero attached hydrogens (tertiary/aromatic N) is 2. The smallest absolute Gasteiger partial charge is 0.226 e. The molecule has 1 aromatic carbocycles. The Kier molecular flexibility index (Phi) is 3.23. The second-order valence-electron chi connectivity index (χ2n) is 6.04. The quantitative estimate of drug-likeness (QED) is 0.418. The number of ether oxygens (including phenoxy) is 1. The summed E-state index contributed by atoms with van der Waals surface area (Å²) in [6, 6.07) is 8.58. The molecule has 0 saturated carbocycles. The molecule has 0 unspecified atom stereocenters. The number of anilines is 1. The fourth-order valence-corrected chi connectivity index (χ4v) is 2.96. The van der Waals surface area contributed by atoms with Crippen molar-refractivity contribution in [2.24, 2.45) is 0 Å². The van der Waals surface area contributed by atoms with Crippen LogP contribution < -0.4 is 5.32 Å². The van der Waals surface area contributed by atoms with Crippen LogP contribution in [0.5, 0.6) is 5.75 Å². The molecule has 4 aromatic rings. The first-order valence-electron chi connectivity index (χ1n) is 8.19.